The summed E-state index contributed by atoms with van der Waals surface area (Å²) >= 11 is 1.47. The Morgan fingerprint density at radius 3 is 3.06 bits per heavy atom. The monoisotopic (exact) mass is 255 g/mol. The average Bonchev–Trinajstić information content (AvgIpc) is 2.92. The Hall–Kier alpha value is -1.48. The summed E-state index contributed by atoms with van der Waals surface area (Å²) in [6.07, 6.45) is 0. The third kappa shape index (κ3) is 3.24. The lowest BCUT2D eigenvalue weighted by Crippen LogP contribution is -2.16. The third-order valence-corrected chi connectivity index (χ3v) is 2.91. The zero-order valence-electron chi connectivity index (χ0n) is 9.62. The molecule has 0 aliphatic rings. The predicted molar refractivity (Wildman–Crippen MR) is 60.3 cm³/mol. The molecule has 0 aliphatic carbocycles. The Balaban J connectivity index is 1.92. The van der Waals surface area contributed by atoms with Crippen molar-refractivity contribution in [2.24, 2.45) is 0 Å². The minimum Gasteiger partial charge on any atom is -0.338 e. The molecule has 0 radical (unpaired) electrons. The highest BCUT2D eigenvalue weighted by atomic mass is 32.2. The van der Waals surface area contributed by atoms with E-state index in [2.05, 4.69) is 31.0 Å². The summed E-state index contributed by atoms with van der Waals surface area (Å²) in [7, 11) is 1.89. The van der Waals surface area contributed by atoms with Crippen LogP contribution in [0.15, 0.2) is 9.68 Å². The minimum absolute atomic E-state index is 0.570. The Morgan fingerprint density at radius 1 is 1.47 bits per heavy atom. The molecule has 0 aromatic carbocycles. The number of aryl methyl sites for hydroxylation is 1. The number of aromatic nitrogens is 6. The summed E-state index contributed by atoms with van der Waals surface area (Å²) in [5, 5.41) is 19.0. The molecule has 2 heterocycles. The molecule has 9 heteroatoms. The quantitative estimate of drug-likeness (QED) is 0.714. The van der Waals surface area contributed by atoms with Crippen LogP contribution in [0.4, 0.5) is 0 Å². The highest BCUT2D eigenvalue weighted by Gasteiger charge is 2.09. The number of nitrogens with one attached hydrogen (secondary N) is 1. The van der Waals surface area contributed by atoms with Gasteiger partial charge in [0, 0.05) is 6.54 Å². The van der Waals surface area contributed by atoms with Gasteiger partial charge in [0.25, 0.3) is 0 Å². The number of nitrogens with zero attached hydrogens (tertiary/aromatic N) is 6. The number of hydrogen-bond donors (Lipinski definition) is 1. The van der Waals surface area contributed by atoms with Gasteiger partial charge in [-0.3, -0.25) is 0 Å². The van der Waals surface area contributed by atoms with Crippen molar-refractivity contribution in [2.75, 3.05) is 13.6 Å². The van der Waals surface area contributed by atoms with E-state index in [0.29, 0.717) is 17.5 Å². The van der Waals surface area contributed by atoms with Crippen molar-refractivity contribution in [1.29, 1.82) is 0 Å². The maximum Gasteiger partial charge on any atom is 0.237 e. The van der Waals surface area contributed by atoms with Gasteiger partial charge in [-0.05, 0) is 24.4 Å². The number of tetrazole rings is 1. The normalized spacial score (nSPS) is 10.9. The fourth-order valence-corrected chi connectivity index (χ4v) is 1.92. The van der Waals surface area contributed by atoms with E-state index in [1.54, 1.807) is 11.6 Å². The molecule has 2 aromatic rings. The fourth-order valence-electron chi connectivity index (χ4n) is 1.18. The van der Waals surface area contributed by atoms with Crippen LogP contribution in [0.25, 0.3) is 0 Å². The molecule has 0 aliphatic heterocycles. The first-order valence-electron chi connectivity index (χ1n) is 5.12. The van der Waals surface area contributed by atoms with Gasteiger partial charge in [0.15, 0.2) is 5.82 Å². The smallest absolute Gasteiger partial charge is 0.237 e. The maximum absolute atomic E-state index is 5.01. The highest BCUT2D eigenvalue weighted by Crippen LogP contribution is 2.18. The van der Waals surface area contributed by atoms with Gasteiger partial charge in [-0.15, -0.1) is 5.10 Å². The molecular weight excluding hydrogens is 242 g/mol. The average molecular weight is 255 g/mol. The minimum atomic E-state index is 0.570. The second kappa shape index (κ2) is 5.73. The maximum atomic E-state index is 5.01. The number of rotatable bonds is 6. The Bertz CT molecular complexity index is 468. The number of likely N-dealkylation sites (N-methyl/N-ethyl adjacent to an activating group) is 1. The molecule has 17 heavy (non-hydrogen) atoms. The lowest BCUT2D eigenvalue weighted by atomic mass is 10.6. The van der Waals surface area contributed by atoms with Crippen LogP contribution in [-0.4, -0.2) is 43.9 Å². The predicted octanol–water partition coefficient (Wildman–Crippen LogP) is -0.124. The van der Waals surface area contributed by atoms with E-state index in [0.717, 1.165) is 18.2 Å². The van der Waals surface area contributed by atoms with E-state index in [1.807, 2.05) is 7.05 Å². The van der Waals surface area contributed by atoms with Crippen molar-refractivity contribution >= 4 is 11.8 Å². The summed E-state index contributed by atoms with van der Waals surface area (Å²) < 4.78 is 6.75. The summed E-state index contributed by atoms with van der Waals surface area (Å²) in [6, 6.07) is 0. The van der Waals surface area contributed by atoms with Gasteiger partial charge in [0.2, 0.25) is 11.0 Å². The van der Waals surface area contributed by atoms with Gasteiger partial charge in [0.05, 0.1) is 12.3 Å². The van der Waals surface area contributed by atoms with Crippen LogP contribution in [0.3, 0.4) is 0 Å². The van der Waals surface area contributed by atoms with Crippen LogP contribution >= 0.6 is 11.8 Å². The van der Waals surface area contributed by atoms with Gasteiger partial charge >= 0.3 is 0 Å². The molecule has 0 bridgehead atoms. The summed E-state index contributed by atoms with van der Waals surface area (Å²) in [4.78, 5) is 4.11. The zero-order chi connectivity index (χ0) is 12.1. The summed E-state index contributed by atoms with van der Waals surface area (Å²) in [5.74, 6) is 1.78. The highest BCUT2D eigenvalue weighted by molar-refractivity contribution is 7.98. The van der Waals surface area contributed by atoms with Crippen LogP contribution < -0.4 is 5.32 Å². The third-order valence-electron chi connectivity index (χ3n) is 1.97. The summed E-state index contributed by atoms with van der Waals surface area (Å²) in [6.45, 7) is 3.33. The van der Waals surface area contributed by atoms with E-state index in [4.69, 9.17) is 4.52 Å². The largest absolute Gasteiger partial charge is 0.338 e. The first-order valence-corrected chi connectivity index (χ1v) is 6.11. The number of thioether (sulfide) groups is 1. The topological polar surface area (TPSA) is 94.6 Å². The van der Waals surface area contributed by atoms with Crippen LogP contribution in [-0.2, 0) is 12.3 Å². The molecule has 0 saturated heterocycles. The van der Waals surface area contributed by atoms with Gasteiger partial charge in [-0.1, -0.05) is 16.9 Å². The summed E-state index contributed by atoms with van der Waals surface area (Å²) in [5.41, 5.74) is 0. The van der Waals surface area contributed by atoms with E-state index < -0.39 is 0 Å². The molecule has 0 fully saturated rings. The van der Waals surface area contributed by atoms with E-state index in [1.165, 1.54) is 11.8 Å². The fraction of sp³-hybridized carbons (Fsp3) is 0.625. The molecule has 0 unspecified atom stereocenters. The van der Waals surface area contributed by atoms with Gasteiger partial charge in [-0.25, -0.2) is 4.68 Å². The Labute approximate surface area is 102 Å². The van der Waals surface area contributed by atoms with Gasteiger partial charge in [-0.2, -0.15) is 4.98 Å². The molecular formula is C8H13N7OS. The van der Waals surface area contributed by atoms with Crippen molar-refractivity contribution in [3.05, 3.63) is 11.7 Å². The lowest BCUT2D eigenvalue weighted by Gasteiger charge is -2.01. The van der Waals surface area contributed by atoms with Gasteiger partial charge < -0.3 is 9.84 Å². The zero-order valence-corrected chi connectivity index (χ0v) is 10.4. The Kier molecular flexibility index (Phi) is 4.04. The van der Waals surface area contributed by atoms with Crippen molar-refractivity contribution < 1.29 is 4.52 Å². The molecule has 0 saturated carbocycles. The second-order valence-electron chi connectivity index (χ2n) is 3.31. The van der Waals surface area contributed by atoms with Crippen molar-refractivity contribution in [3.63, 3.8) is 0 Å². The second-order valence-corrected chi connectivity index (χ2v) is 4.25. The van der Waals surface area contributed by atoms with Crippen molar-refractivity contribution in [3.8, 4) is 0 Å². The van der Waals surface area contributed by atoms with Crippen LogP contribution in [0, 0.1) is 6.92 Å². The molecule has 0 spiro atoms. The van der Waals surface area contributed by atoms with Crippen molar-refractivity contribution in [1.82, 2.24) is 35.7 Å². The van der Waals surface area contributed by atoms with E-state index in [9.17, 15) is 0 Å². The van der Waals surface area contributed by atoms with Gasteiger partial charge in [0.1, 0.15) is 0 Å². The lowest BCUT2D eigenvalue weighted by molar-refractivity contribution is 0.387. The first-order chi connectivity index (χ1) is 8.29. The number of hydrogen-bond acceptors (Lipinski definition) is 8. The van der Waals surface area contributed by atoms with Crippen LogP contribution in [0.1, 0.15) is 11.7 Å². The molecule has 8 nitrogen and oxygen atoms in total. The standard InChI is InChI=1S/C8H13N7OS/c1-6-10-7(16-12-6)5-17-8-11-13-14-15(8)4-3-9-2/h9H,3-5H2,1-2H3. The van der Waals surface area contributed by atoms with E-state index in [-0.39, 0.29) is 0 Å². The molecule has 2 rings (SSSR count). The molecule has 0 atom stereocenters. The van der Waals surface area contributed by atoms with Crippen LogP contribution in [0.2, 0.25) is 0 Å². The van der Waals surface area contributed by atoms with E-state index >= 15 is 0 Å². The molecule has 2 aromatic heterocycles. The Morgan fingerprint density at radius 2 is 2.35 bits per heavy atom. The van der Waals surface area contributed by atoms with Crippen molar-refractivity contribution in [2.45, 2.75) is 24.4 Å². The first kappa shape index (κ1) is 12.0. The molecule has 0 amide bonds. The molecule has 1 N–H and O–H groups in total. The van der Waals surface area contributed by atoms with Crippen LogP contribution in [0.5, 0.6) is 0 Å². The SMILES string of the molecule is CNCCn1nnnc1SCc1nc(C)no1. The molecule has 92 valence electrons.